The van der Waals surface area contributed by atoms with Crippen LogP contribution in [0.25, 0.3) is 11.1 Å². The number of amides is 2. The van der Waals surface area contributed by atoms with E-state index in [-0.39, 0.29) is 24.5 Å². The summed E-state index contributed by atoms with van der Waals surface area (Å²) in [6, 6.07) is 23.5. The van der Waals surface area contributed by atoms with Gasteiger partial charge in [0.25, 0.3) is 0 Å². The van der Waals surface area contributed by atoms with E-state index in [1.165, 1.54) is 18.2 Å². The van der Waals surface area contributed by atoms with Gasteiger partial charge in [-0.25, -0.2) is 9.59 Å². The van der Waals surface area contributed by atoms with E-state index in [0.717, 1.165) is 36.0 Å². The molecule has 3 aromatic carbocycles. The number of alkyl carbamates (subject to hydrolysis) is 1. The van der Waals surface area contributed by atoms with E-state index >= 15 is 0 Å². The average molecular weight is 628 g/mol. The quantitative estimate of drug-likeness (QED) is 0.165. The van der Waals surface area contributed by atoms with Crippen molar-refractivity contribution >= 4 is 23.8 Å². The van der Waals surface area contributed by atoms with Gasteiger partial charge in [-0.2, -0.15) is 0 Å². The lowest BCUT2D eigenvalue weighted by molar-refractivity contribution is -0.150. The number of rotatable bonds is 10. The zero-order valence-electron chi connectivity index (χ0n) is 27.2. The van der Waals surface area contributed by atoms with Crippen LogP contribution in [0.2, 0.25) is 0 Å². The molecule has 3 aromatic rings. The predicted octanol–water partition coefficient (Wildman–Crippen LogP) is 6.95. The van der Waals surface area contributed by atoms with Crippen LogP contribution in [0, 0.1) is 0 Å². The highest BCUT2D eigenvalue weighted by molar-refractivity contribution is 5.85. The predicted molar refractivity (Wildman–Crippen MR) is 178 cm³/mol. The van der Waals surface area contributed by atoms with Crippen LogP contribution in [0.4, 0.5) is 15.3 Å². The van der Waals surface area contributed by atoms with Gasteiger partial charge in [-0.15, -0.1) is 0 Å². The van der Waals surface area contributed by atoms with E-state index in [2.05, 4.69) is 40.2 Å². The Morgan fingerprint density at radius 3 is 2.04 bits per heavy atom. The second kappa shape index (κ2) is 14.4. The van der Waals surface area contributed by atoms with Crippen molar-refractivity contribution < 1.29 is 28.6 Å². The summed E-state index contributed by atoms with van der Waals surface area (Å²) >= 11 is 0. The summed E-state index contributed by atoms with van der Waals surface area (Å²) in [7, 11) is 1.41. The molecular weight excluding hydrogens is 582 g/mol. The zero-order chi connectivity index (χ0) is 32.7. The number of hydrogen-bond donors (Lipinski definition) is 3. The first-order chi connectivity index (χ1) is 22.1. The van der Waals surface area contributed by atoms with Crippen LogP contribution in [0.5, 0.6) is 0 Å². The number of ether oxygens (including phenoxy) is 3. The lowest BCUT2D eigenvalue weighted by Gasteiger charge is -2.36. The van der Waals surface area contributed by atoms with Gasteiger partial charge in [-0.1, -0.05) is 79.9 Å². The molecule has 0 saturated heterocycles. The molecule has 1 saturated carbocycles. The van der Waals surface area contributed by atoms with Gasteiger partial charge in [-0.3, -0.25) is 15.4 Å². The van der Waals surface area contributed by atoms with Crippen LogP contribution in [0.1, 0.15) is 75.5 Å². The van der Waals surface area contributed by atoms with Crippen molar-refractivity contribution in [3.63, 3.8) is 0 Å². The summed E-state index contributed by atoms with van der Waals surface area (Å²) in [4.78, 5) is 38.3. The van der Waals surface area contributed by atoms with Gasteiger partial charge >= 0.3 is 18.2 Å². The summed E-state index contributed by atoms with van der Waals surface area (Å²) in [5, 5.41) is 9.25. The molecule has 1 fully saturated rings. The first-order valence-corrected chi connectivity index (χ1v) is 16.1. The van der Waals surface area contributed by atoms with Gasteiger partial charge in [0.05, 0.1) is 7.11 Å². The van der Waals surface area contributed by atoms with Crippen molar-refractivity contribution in [3.8, 4) is 11.1 Å². The molecule has 0 radical (unpaired) electrons. The molecule has 2 aliphatic carbocycles. The largest absolute Gasteiger partial charge is 0.468 e. The number of anilines is 1. The van der Waals surface area contributed by atoms with Crippen molar-refractivity contribution in [2.24, 2.45) is 0 Å². The minimum atomic E-state index is -0.766. The normalized spacial score (nSPS) is 16.0. The fourth-order valence-electron chi connectivity index (χ4n) is 6.53. The molecule has 0 spiro atoms. The Kier molecular flexibility index (Phi) is 10.3. The molecule has 244 valence electrons. The summed E-state index contributed by atoms with van der Waals surface area (Å²) in [6.07, 6.45) is 3.76. The highest BCUT2D eigenvalue weighted by atomic mass is 16.6. The van der Waals surface area contributed by atoms with Gasteiger partial charge in [-0.05, 0) is 80.0 Å². The number of fused-ring (bicyclic) bond motifs is 3. The van der Waals surface area contributed by atoms with Crippen molar-refractivity contribution in [1.82, 2.24) is 10.6 Å². The SMILES string of the molecule is COC(=O)C1(NC[C@H](Cc2ccc(NC(=O)OCC3c4ccccc4-c4ccccc43)cc2)NC(=O)OC(C)(C)C)CCCCC1. The number of hydrogen-bond acceptors (Lipinski definition) is 7. The minimum Gasteiger partial charge on any atom is -0.468 e. The highest BCUT2D eigenvalue weighted by Crippen LogP contribution is 2.44. The van der Waals surface area contributed by atoms with Gasteiger partial charge in [0.2, 0.25) is 0 Å². The Morgan fingerprint density at radius 1 is 0.848 bits per heavy atom. The number of benzene rings is 3. The van der Waals surface area contributed by atoms with Gasteiger partial charge in [0.1, 0.15) is 17.7 Å². The van der Waals surface area contributed by atoms with Gasteiger partial charge in [0, 0.05) is 24.2 Å². The molecule has 5 rings (SSSR count). The number of carbonyl (C=O) groups excluding carboxylic acids is 3. The van der Waals surface area contributed by atoms with Gasteiger partial charge < -0.3 is 19.5 Å². The van der Waals surface area contributed by atoms with E-state index in [9.17, 15) is 14.4 Å². The van der Waals surface area contributed by atoms with E-state index in [1.807, 2.05) is 69.3 Å². The first-order valence-electron chi connectivity index (χ1n) is 16.1. The maximum atomic E-state index is 12.8. The fourth-order valence-corrected chi connectivity index (χ4v) is 6.53. The molecule has 2 aliphatic rings. The molecule has 0 unspecified atom stereocenters. The molecular formula is C37H45N3O6. The standard InChI is InChI=1S/C37H45N3O6/c1-36(2,3)46-35(43)40-27(23-38-37(33(41)44-4)20-10-5-11-21-37)22-25-16-18-26(19-17-25)39-34(42)45-24-32-30-14-8-6-12-28(30)29-13-7-9-15-31(29)32/h6-9,12-19,27,32,38H,5,10-11,20-24H2,1-4H3,(H,39,42)(H,40,43)/t27-/m0/s1. The second-order valence-electron chi connectivity index (χ2n) is 13.2. The van der Waals surface area contributed by atoms with E-state index < -0.39 is 23.3 Å². The molecule has 0 aliphatic heterocycles. The smallest absolute Gasteiger partial charge is 0.411 e. The first kappa shape index (κ1) is 33.0. The number of nitrogens with one attached hydrogen (secondary N) is 3. The Bertz CT molecular complexity index is 1480. The van der Waals surface area contributed by atoms with Crippen LogP contribution >= 0.6 is 0 Å². The van der Waals surface area contributed by atoms with E-state index in [1.54, 1.807) is 0 Å². The summed E-state index contributed by atoms with van der Waals surface area (Å²) < 4.78 is 16.4. The third-order valence-corrected chi connectivity index (χ3v) is 8.72. The molecule has 46 heavy (non-hydrogen) atoms. The van der Waals surface area contributed by atoms with Crippen LogP contribution < -0.4 is 16.0 Å². The number of methoxy groups -OCH3 is 1. The van der Waals surface area contributed by atoms with Crippen LogP contribution in [0.15, 0.2) is 72.8 Å². The van der Waals surface area contributed by atoms with Crippen LogP contribution in [-0.4, -0.2) is 55.6 Å². The molecule has 0 heterocycles. The molecule has 0 bridgehead atoms. The third-order valence-electron chi connectivity index (χ3n) is 8.72. The Hall–Kier alpha value is -4.37. The topological polar surface area (TPSA) is 115 Å². The molecule has 9 nitrogen and oxygen atoms in total. The Labute approximate surface area is 271 Å². The summed E-state index contributed by atoms with van der Waals surface area (Å²) in [6.45, 7) is 6.04. The van der Waals surface area contributed by atoms with Crippen molar-refractivity contribution in [3.05, 3.63) is 89.5 Å². The summed E-state index contributed by atoms with van der Waals surface area (Å²) in [5.41, 5.74) is 4.80. The molecule has 9 heteroatoms. The number of carbonyl (C=O) groups is 3. The van der Waals surface area contributed by atoms with Gasteiger partial charge in [0.15, 0.2) is 0 Å². The Balaban J connectivity index is 1.20. The maximum Gasteiger partial charge on any atom is 0.411 e. The Morgan fingerprint density at radius 2 is 1.46 bits per heavy atom. The van der Waals surface area contributed by atoms with Crippen LogP contribution in [0.3, 0.4) is 0 Å². The molecule has 3 N–H and O–H groups in total. The molecule has 0 aromatic heterocycles. The second-order valence-corrected chi connectivity index (χ2v) is 13.2. The number of esters is 1. The fraction of sp³-hybridized carbons (Fsp3) is 0.432. The average Bonchev–Trinajstić information content (AvgIpc) is 3.36. The zero-order valence-corrected chi connectivity index (χ0v) is 27.2. The third kappa shape index (κ3) is 8.07. The van der Waals surface area contributed by atoms with Crippen LogP contribution in [-0.2, 0) is 25.4 Å². The van der Waals surface area contributed by atoms with Crippen molar-refractivity contribution in [1.29, 1.82) is 0 Å². The summed E-state index contributed by atoms with van der Waals surface area (Å²) in [5.74, 6) is -0.289. The van der Waals surface area contributed by atoms with Crippen molar-refractivity contribution in [2.75, 3.05) is 25.6 Å². The molecule has 1 atom stereocenters. The maximum absolute atomic E-state index is 12.8. The van der Waals surface area contributed by atoms with E-state index in [4.69, 9.17) is 14.2 Å². The lowest BCUT2D eigenvalue weighted by Crippen LogP contribution is -2.58. The monoisotopic (exact) mass is 627 g/mol. The highest BCUT2D eigenvalue weighted by Gasteiger charge is 2.40. The molecule has 2 amide bonds. The lowest BCUT2D eigenvalue weighted by atomic mass is 9.81. The van der Waals surface area contributed by atoms with E-state index in [0.29, 0.717) is 31.5 Å². The minimum absolute atomic E-state index is 0.0181. The van der Waals surface area contributed by atoms with Crippen molar-refractivity contribution in [2.45, 2.75) is 82.4 Å².